The molecule has 1 aliphatic heterocycles. The van der Waals surface area contributed by atoms with Gasteiger partial charge in [-0.25, -0.2) is 4.79 Å². The Kier molecular flexibility index (Phi) is 7.61. The second-order valence-corrected chi connectivity index (χ2v) is 7.19. The summed E-state index contributed by atoms with van der Waals surface area (Å²) in [5, 5.41) is 6.49. The normalized spacial score (nSPS) is 16.3. The molecule has 23 heavy (non-hydrogen) atoms. The highest BCUT2D eigenvalue weighted by Crippen LogP contribution is 2.15. The highest BCUT2D eigenvalue weighted by Gasteiger charge is 2.34. The van der Waals surface area contributed by atoms with Crippen molar-refractivity contribution in [3.05, 3.63) is 0 Å². The summed E-state index contributed by atoms with van der Waals surface area (Å²) in [6.45, 7) is 13.2. The van der Waals surface area contributed by atoms with Gasteiger partial charge >= 0.3 is 6.09 Å². The van der Waals surface area contributed by atoms with Crippen LogP contribution in [0.5, 0.6) is 0 Å². The molecule has 134 valence electrons. The summed E-state index contributed by atoms with van der Waals surface area (Å²) in [6.07, 6.45) is -0.263. The van der Waals surface area contributed by atoms with Gasteiger partial charge in [0.15, 0.2) is 5.96 Å². The van der Waals surface area contributed by atoms with Crippen molar-refractivity contribution < 1.29 is 14.3 Å². The van der Waals surface area contributed by atoms with Gasteiger partial charge in [-0.3, -0.25) is 4.99 Å². The number of rotatable bonds is 6. The first-order chi connectivity index (χ1) is 10.7. The molecule has 0 radical (unpaired) electrons. The molecule has 7 heteroatoms. The summed E-state index contributed by atoms with van der Waals surface area (Å²) in [6, 6.07) is 0.199. The number of ether oxygens (including phenoxy) is 2. The van der Waals surface area contributed by atoms with Crippen LogP contribution in [0.4, 0.5) is 4.79 Å². The number of amides is 1. The maximum atomic E-state index is 11.9. The molecule has 0 spiro atoms. The summed E-state index contributed by atoms with van der Waals surface area (Å²) < 4.78 is 10.8. The third-order valence-corrected chi connectivity index (χ3v) is 3.09. The summed E-state index contributed by atoms with van der Waals surface area (Å²) in [7, 11) is 1.73. The summed E-state index contributed by atoms with van der Waals surface area (Å²) in [4.78, 5) is 17.7. The van der Waals surface area contributed by atoms with Crippen molar-refractivity contribution in [3.63, 3.8) is 0 Å². The van der Waals surface area contributed by atoms with E-state index in [4.69, 9.17) is 9.47 Å². The van der Waals surface area contributed by atoms with Gasteiger partial charge < -0.3 is 25.0 Å². The summed E-state index contributed by atoms with van der Waals surface area (Å²) in [5.41, 5.74) is -0.455. The van der Waals surface area contributed by atoms with Gasteiger partial charge in [0, 0.05) is 33.3 Å². The predicted octanol–water partition coefficient (Wildman–Crippen LogP) is 1.44. The van der Waals surface area contributed by atoms with Crippen LogP contribution in [0, 0.1) is 5.92 Å². The molecule has 0 saturated carbocycles. The minimum Gasteiger partial charge on any atom is -0.444 e. The largest absolute Gasteiger partial charge is 0.444 e. The van der Waals surface area contributed by atoms with Crippen LogP contribution in [-0.4, -0.2) is 68.5 Å². The Hall–Kier alpha value is -1.50. The van der Waals surface area contributed by atoms with Crippen molar-refractivity contribution in [2.45, 2.75) is 46.3 Å². The lowest BCUT2D eigenvalue weighted by atomic mass is 10.1. The van der Waals surface area contributed by atoms with Crippen molar-refractivity contribution in [3.8, 4) is 0 Å². The second-order valence-electron chi connectivity index (χ2n) is 7.19. The molecule has 1 fully saturated rings. The van der Waals surface area contributed by atoms with Crippen LogP contribution in [0.2, 0.25) is 0 Å². The van der Waals surface area contributed by atoms with E-state index in [9.17, 15) is 4.79 Å². The minimum absolute atomic E-state index is 0.199. The topological polar surface area (TPSA) is 75.2 Å². The molecule has 0 aromatic rings. The lowest BCUT2D eigenvalue weighted by Crippen LogP contribution is -2.63. The first-order valence-corrected chi connectivity index (χ1v) is 8.24. The van der Waals surface area contributed by atoms with Crippen LogP contribution in [0.3, 0.4) is 0 Å². The van der Waals surface area contributed by atoms with Crippen LogP contribution >= 0.6 is 0 Å². The predicted molar refractivity (Wildman–Crippen MR) is 91.7 cm³/mol. The molecule has 0 aromatic carbocycles. The molecule has 7 nitrogen and oxygen atoms in total. The molecule has 1 heterocycles. The van der Waals surface area contributed by atoms with Gasteiger partial charge in [0.25, 0.3) is 0 Å². The molecule has 0 atom stereocenters. The maximum Gasteiger partial charge on any atom is 0.410 e. The molecule has 1 aliphatic rings. The lowest BCUT2D eigenvalue weighted by molar-refractivity contribution is 0.00700. The van der Waals surface area contributed by atoms with Gasteiger partial charge in [-0.2, -0.15) is 0 Å². The first-order valence-electron chi connectivity index (χ1n) is 8.24. The maximum absolute atomic E-state index is 11.9. The molecule has 0 unspecified atom stereocenters. The summed E-state index contributed by atoms with van der Waals surface area (Å²) >= 11 is 0. The van der Waals surface area contributed by atoms with Gasteiger partial charge in [-0.1, -0.05) is 13.8 Å². The van der Waals surface area contributed by atoms with E-state index in [1.165, 1.54) is 0 Å². The number of hydrogen-bond donors (Lipinski definition) is 2. The smallest absolute Gasteiger partial charge is 0.410 e. The Morgan fingerprint density at radius 2 is 2.00 bits per heavy atom. The van der Waals surface area contributed by atoms with Gasteiger partial charge in [-0.05, 0) is 26.7 Å². The van der Waals surface area contributed by atoms with Crippen LogP contribution in [0.15, 0.2) is 4.99 Å². The fourth-order valence-electron chi connectivity index (χ4n) is 1.99. The Morgan fingerprint density at radius 1 is 1.35 bits per heavy atom. The monoisotopic (exact) mass is 328 g/mol. The number of aliphatic imine (C=N–C) groups is 1. The molecular weight excluding hydrogens is 296 g/mol. The Labute approximate surface area is 139 Å². The van der Waals surface area contributed by atoms with Crippen molar-refractivity contribution in [1.82, 2.24) is 15.5 Å². The second kappa shape index (κ2) is 8.96. The molecule has 1 rings (SSSR count). The van der Waals surface area contributed by atoms with Crippen molar-refractivity contribution in [2.24, 2.45) is 10.9 Å². The molecule has 2 N–H and O–H groups in total. The SMILES string of the molecule is CN=C(NCCOCC(C)C)NC1CN(C(=O)OC(C)(C)C)C1. The number of nitrogens with one attached hydrogen (secondary N) is 2. The lowest BCUT2D eigenvalue weighted by Gasteiger charge is -2.40. The number of carbonyl (C=O) groups is 1. The van der Waals surface area contributed by atoms with E-state index in [1.54, 1.807) is 11.9 Å². The number of carbonyl (C=O) groups excluding carboxylic acids is 1. The first kappa shape index (κ1) is 19.5. The zero-order valence-corrected chi connectivity index (χ0v) is 15.3. The van der Waals surface area contributed by atoms with Crippen LogP contribution < -0.4 is 10.6 Å². The fraction of sp³-hybridized carbons (Fsp3) is 0.875. The highest BCUT2D eigenvalue weighted by atomic mass is 16.6. The average molecular weight is 328 g/mol. The highest BCUT2D eigenvalue weighted by molar-refractivity contribution is 5.80. The average Bonchev–Trinajstić information content (AvgIpc) is 2.36. The van der Waals surface area contributed by atoms with Crippen molar-refractivity contribution >= 4 is 12.1 Å². The standard InChI is InChI=1S/C16H32N4O3/c1-12(2)11-22-8-7-18-14(17-6)19-13-9-20(10-13)15(21)23-16(3,4)5/h12-13H,7-11H2,1-6H3,(H2,17,18,19). The van der Waals surface area contributed by atoms with Crippen LogP contribution in [0.25, 0.3) is 0 Å². The molecule has 1 saturated heterocycles. The van der Waals surface area contributed by atoms with Crippen LogP contribution in [0.1, 0.15) is 34.6 Å². The van der Waals surface area contributed by atoms with Crippen LogP contribution in [-0.2, 0) is 9.47 Å². The summed E-state index contributed by atoms with van der Waals surface area (Å²) in [5.74, 6) is 1.27. The Balaban J connectivity index is 2.18. The van der Waals surface area contributed by atoms with Crippen molar-refractivity contribution in [1.29, 1.82) is 0 Å². The van der Waals surface area contributed by atoms with E-state index in [0.717, 1.165) is 12.6 Å². The quantitative estimate of drug-likeness (QED) is 0.438. The van der Waals surface area contributed by atoms with Crippen molar-refractivity contribution in [2.75, 3.05) is 39.9 Å². The molecule has 1 amide bonds. The number of hydrogen-bond acceptors (Lipinski definition) is 4. The molecule has 0 aliphatic carbocycles. The number of likely N-dealkylation sites (tertiary alicyclic amines) is 1. The third kappa shape index (κ3) is 8.06. The molecule has 0 bridgehead atoms. The van der Waals surface area contributed by atoms with Gasteiger partial charge in [-0.15, -0.1) is 0 Å². The van der Waals surface area contributed by atoms with Gasteiger partial charge in [0.1, 0.15) is 5.60 Å². The van der Waals surface area contributed by atoms with Gasteiger partial charge in [0.05, 0.1) is 12.6 Å². The minimum atomic E-state index is -0.455. The molecular formula is C16H32N4O3. The van der Waals surface area contributed by atoms with Gasteiger partial charge in [0.2, 0.25) is 0 Å². The van der Waals surface area contributed by atoms with E-state index in [2.05, 4.69) is 29.5 Å². The van der Waals surface area contributed by atoms with E-state index >= 15 is 0 Å². The zero-order valence-electron chi connectivity index (χ0n) is 15.3. The molecule has 0 aromatic heterocycles. The third-order valence-electron chi connectivity index (χ3n) is 3.09. The number of guanidine groups is 1. The Morgan fingerprint density at radius 3 is 2.52 bits per heavy atom. The number of nitrogens with zero attached hydrogens (tertiary/aromatic N) is 2. The zero-order chi connectivity index (χ0) is 17.5. The van der Waals surface area contributed by atoms with E-state index in [1.807, 2.05) is 20.8 Å². The fourth-order valence-corrected chi connectivity index (χ4v) is 1.99. The van der Waals surface area contributed by atoms with E-state index in [0.29, 0.717) is 32.2 Å². The Bertz CT molecular complexity index is 399. The van der Waals surface area contributed by atoms with E-state index < -0.39 is 5.60 Å². The van der Waals surface area contributed by atoms with E-state index in [-0.39, 0.29) is 12.1 Å².